The van der Waals surface area contributed by atoms with Crippen LogP contribution in [-0.2, 0) is 14.4 Å². The number of Topliss-reactive ketones (excluding diaryl/α,β-unsaturated/α-hetero) is 2. The van der Waals surface area contributed by atoms with Crippen LogP contribution in [0.25, 0.3) is 6.08 Å². The van der Waals surface area contributed by atoms with Gasteiger partial charge in [0.15, 0.2) is 6.29 Å². The summed E-state index contributed by atoms with van der Waals surface area (Å²) in [4.78, 5) is 36.1. The predicted molar refractivity (Wildman–Crippen MR) is 91.3 cm³/mol. The summed E-state index contributed by atoms with van der Waals surface area (Å²) in [6, 6.07) is 4.26. The lowest BCUT2D eigenvalue weighted by molar-refractivity contribution is -0.130. The second-order valence-electron chi connectivity index (χ2n) is 5.73. The van der Waals surface area contributed by atoms with Crippen LogP contribution in [0.5, 0.6) is 0 Å². The van der Waals surface area contributed by atoms with Crippen molar-refractivity contribution in [1.29, 1.82) is 0 Å². The number of carbonyl (C=O) groups excluding carboxylic acids is 3. The van der Waals surface area contributed by atoms with Gasteiger partial charge in [0.1, 0.15) is 17.6 Å². The van der Waals surface area contributed by atoms with Crippen LogP contribution in [0, 0.1) is 5.82 Å². The number of ketones is 2. The van der Waals surface area contributed by atoms with E-state index in [0.717, 1.165) is 0 Å². The number of thioether (sulfide) groups is 1. The highest BCUT2D eigenvalue weighted by molar-refractivity contribution is 8.03. The topological polar surface area (TPSA) is 66.5 Å². The first-order valence-electron chi connectivity index (χ1n) is 7.71. The number of benzene rings is 1. The lowest BCUT2D eigenvalue weighted by Crippen LogP contribution is -2.34. The normalized spacial score (nSPS) is 22.9. The summed E-state index contributed by atoms with van der Waals surface area (Å²) in [6.07, 6.45) is 2.92. The average Bonchev–Trinajstić information content (AvgIpc) is 3.03. The molecule has 2 aliphatic heterocycles. The summed E-state index contributed by atoms with van der Waals surface area (Å²) in [5, 5.41) is 2.94. The molecule has 0 aliphatic carbocycles. The van der Waals surface area contributed by atoms with E-state index in [2.05, 4.69) is 5.32 Å². The summed E-state index contributed by atoms with van der Waals surface area (Å²) >= 11 is 1.43. The van der Waals surface area contributed by atoms with Gasteiger partial charge in [-0.2, -0.15) is 0 Å². The number of halogens is 1. The Bertz CT molecular complexity index is 710. The molecule has 0 bridgehead atoms. The van der Waals surface area contributed by atoms with Crippen molar-refractivity contribution in [2.24, 2.45) is 0 Å². The molecule has 1 aromatic rings. The van der Waals surface area contributed by atoms with Crippen molar-refractivity contribution in [3.05, 3.63) is 34.5 Å². The molecule has 2 heterocycles. The molecule has 24 heavy (non-hydrogen) atoms. The van der Waals surface area contributed by atoms with Crippen LogP contribution in [0.4, 0.5) is 10.1 Å². The van der Waals surface area contributed by atoms with Crippen molar-refractivity contribution in [3.8, 4) is 0 Å². The monoisotopic (exact) mass is 348 g/mol. The molecule has 7 heteroatoms. The third-order valence-electron chi connectivity index (χ3n) is 4.15. The standard InChI is InChI=1S/C17H17FN2O3S/c18-13-7-11(8-16-17(15(23)9-21)19-10-24-16)1-2-14(13)20-5-3-12(22)4-6-20/h1-2,7-9,17,19H,3-6,10H2. The third-order valence-corrected chi connectivity index (χ3v) is 5.15. The molecule has 2 fully saturated rings. The van der Waals surface area contributed by atoms with Crippen LogP contribution in [0.1, 0.15) is 18.4 Å². The van der Waals surface area contributed by atoms with Gasteiger partial charge in [0.25, 0.3) is 0 Å². The zero-order valence-electron chi connectivity index (χ0n) is 13.0. The van der Waals surface area contributed by atoms with Gasteiger partial charge >= 0.3 is 0 Å². The number of aldehydes is 1. The molecule has 2 aliphatic rings. The molecule has 2 saturated heterocycles. The second-order valence-corrected chi connectivity index (χ2v) is 6.78. The first kappa shape index (κ1) is 16.9. The summed E-state index contributed by atoms with van der Waals surface area (Å²) in [5.74, 6) is -0.128. The second kappa shape index (κ2) is 7.27. The van der Waals surface area contributed by atoms with Crippen LogP contribution in [0.3, 0.4) is 0 Å². The van der Waals surface area contributed by atoms with Gasteiger partial charge in [0, 0.05) is 36.7 Å². The number of hydrogen-bond acceptors (Lipinski definition) is 6. The molecule has 1 N–H and O–H groups in total. The Kier molecular flexibility index (Phi) is 5.11. The predicted octanol–water partition coefficient (Wildman–Crippen LogP) is 1.77. The van der Waals surface area contributed by atoms with Crippen molar-refractivity contribution < 1.29 is 18.8 Å². The molecule has 0 aromatic heterocycles. The number of carbonyl (C=O) groups is 3. The molecule has 1 aromatic carbocycles. The number of piperidine rings is 1. The maximum atomic E-state index is 14.4. The van der Waals surface area contributed by atoms with E-state index in [-0.39, 0.29) is 11.6 Å². The van der Waals surface area contributed by atoms with E-state index < -0.39 is 11.8 Å². The van der Waals surface area contributed by atoms with E-state index in [1.807, 2.05) is 4.90 Å². The number of nitrogens with one attached hydrogen (secondary N) is 1. The molecule has 0 spiro atoms. The SMILES string of the molecule is O=CC(=O)C1NCSC1=Cc1ccc(N2CCC(=O)CC2)c(F)c1. The molecular weight excluding hydrogens is 331 g/mol. The van der Waals surface area contributed by atoms with Gasteiger partial charge in [-0.15, -0.1) is 11.8 Å². The van der Waals surface area contributed by atoms with Gasteiger partial charge in [-0.05, 0) is 23.8 Å². The summed E-state index contributed by atoms with van der Waals surface area (Å²) in [7, 11) is 0. The molecule has 0 radical (unpaired) electrons. The zero-order valence-corrected chi connectivity index (χ0v) is 13.8. The molecule has 1 atom stereocenters. The fourth-order valence-electron chi connectivity index (χ4n) is 2.86. The van der Waals surface area contributed by atoms with Gasteiger partial charge in [-0.25, -0.2) is 4.39 Å². The third kappa shape index (κ3) is 3.57. The molecule has 5 nitrogen and oxygen atoms in total. The minimum atomic E-state index is -0.636. The number of rotatable bonds is 4. The van der Waals surface area contributed by atoms with Gasteiger partial charge in [-0.3, -0.25) is 19.7 Å². The molecule has 0 amide bonds. The number of anilines is 1. The highest BCUT2D eigenvalue weighted by Gasteiger charge is 2.27. The number of nitrogens with zero attached hydrogens (tertiary/aromatic N) is 1. The van der Waals surface area contributed by atoms with Crippen LogP contribution >= 0.6 is 11.8 Å². The number of hydrogen-bond donors (Lipinski definition) is 1. The van der Waals surface area contributed by atoms with Crippen LogP contribution in [0.2, 0.25) is 0 Å². The van der Waals surface area contributed by atoms with Gasteiger partial charge in [0.2, 0.25) is 5.78 Å². The van der Waals surface area contributed by atoms with Gasteiger partial charge < -0.3 is 4.90 Å². The first-order valence-corrected chi connectivity index (χ1v) is 8.70. The summed E-state index contributed by atoms with van der Waals surface area (Å²) < 4.78 is 14.4. The van der Waals surface area contributed by atoms with Crippen molar-refractivity contribution in [2.75, 3.05) is 23.9 Å². The maximum absolute atomic E-state index is 14.4. The summed E-state index contributed by atoms with van der Waals surface area (Å²) in [6.45, 7) is 1.07. The van der Waals surface area contributed by atoms with Crippen molar-refractivity contribution in [1.82, 2.24) is 5.32 Å². The minimum Gasteiger partial charge on any atom is -0.368 e. The van der Waals surface area contributed by atoms with E-state index >= 15 is 0 Å². The lowest BCUT2D eigenvalue weighted by atomic mass is 10.1. The Morgan fingerprint density at radius 2 is 2.08 bits per heavy atom. The largest absolute Gasteiger partial charge is 0.368 e. The van der Waals surface area contributed by atoms with Gasteiger partial charge in [-0.1, -0.05) is 6.07 Å². The van der Waals surface area contributed by atoms with E-state index in [4.69, 9.17) is 0 Å². The van der Waals surface area contributed by atoms with E-state index in [9.17, 15) is 18.8 Å². The van der Waals surface area contributed by atoms with Crippen LogP contribution < -0.4 is 10.2 Å². The zero-order chi connectivity index (χ0) is 17.1. The summed E-state index contributed by atoms with van der Waals surface area (Å²) in [5.41, 5.74) is 1.13. The highest BCUT2D eigenvalue weighted by atomic mass is 32.2. The molecule has 1 unspecified atom stereocenters. The van der Waals surface area contributed by atoms with Crippen LogP contribution in [0.15, 0.2) is 23.1 Å². The molecule has 0 saturated carbocycles. The molecule has 3 rings (SSSR count). The van der Waals surface area contributed by atoms with E-state index in [0.29, 0.717) is 54.3 Å². The highest BCUT2D eigenvalue weighted by Crippen LogP contribution is 2.30. The Balaban J connectivity index is 1.79. The van der Waals surface area contributed by atoms with Crippen LogP contribution in [-0.4, -0.2) is 42.9 Å². The average molecular weight is 348 g/mol. The minimum absolute atomic E-state index is 0.213. The quantitative estimate of drug-likeness (QED) is 0.661. The molecular formula is C17H17FN2O3S. The lowest BCUT2D eigenvalue weighted by Gasteiger charge is -2.28. The Hall–Kier alpha value is -1.99. The van der Waals surface area contributed by atoms with Crippen molar-refractivity contribution >= 4 is 41.4 Å². The first-order chi connectivity index (χ1) is 11.6. The van der Waals surface area contributed by atoms with Crippen molar-refractivity contribution in [2.45, 2.75) is 18.9 Å². The Morgan fingerprint density at radius 3 is 2.75 bits per heavy atom. The van der Waals surface area contributed by atoms with E-state index in [1.165, 1.54) is 17.8 Å². The van der Waals surface area contributed by atoms with Gasteiger partial charge in [0.05, 0.1) is 5.69 Å². The fraction of sp³-hybridized carbons (Fsp3) is 0.353. The maximum Gasteiger partial charge on any atom is 0.217 e. The van der Waals surface area contributed by atoms with E-state index in [1.54, 1.807) is 18.2 Å². The fourth-order valence-corrected chi connectivity index (χ4v) is 3.86. The smallest absolute Gasteiger partial charge is 0.217 e. The molecule has 126 valence electrons. The Labute approximate surface area is 143 Å². The Morgan fingerprint density at radius 1 is 1.33 bits per heavy atom. The van der Waals surface area contributed by atoms with Crippen molar-refractivity contribution in [3.63, 3.8) is 0 Å².